The number of hydrogen-bond donors (Lipinski definition) is 2. The topological polar surface area (TPSA) is 121 Å². The highest BCUT2D eigenvalue weighted by molar-refractivity contribution is 5.81. The van der Waals surface area contributed by atoms with E-state index in [4.69, 9.17) is 14.7 Å². The normalized spacial score (nSPS) is 10.2. The Kier molecular flexibility index (Phi) is 4.45. The van der Waals surface area contributed by atoms with E-state index < -0.39 is 0 Å². The van der Waals surface area contributed by atoms with E-state index in [-0.39, 0.29) is 12.6 Å². The summed E-state index contributed by atoms with van der Waals surface area (Å²) >= 11 is 0. The number of nitrogens with zero attached hydrogens (tertiary/aromatic N) is 5. The van der Waals surface area contributed by atoms with Gasteiger partial charge < -0.3 is 9.47 Å². The van der Waals surface area contributed by atoms with Crippen molar-refractivity contribution in [2.24, 2.45) is 5.10 Å². The molecule has 9 nitrogen and oxygen atoms in total. The monoisotopic (exact) mass is 273 g/mol. The molecule has 0 radical (unpaired) electrons. The summed E-state index contributed by atoms with van der Waals surface area (Å²) in [4.78, 5) is 0. The fourth-order valence-corrected chi connectivity index (χ4v) is 1.37. The lowest BCUT2D eigenvalue weighted by atomic mass is 10.2. The van der Waals surface area contributed by atoms with Gasteiger partial charge in [0.15, 0.2) is 18.1 Å². The van der Waals surface area contributed by atoms with Gasteiger partial charge in [-0.1, -0.05) is 5.10 Å². The number of nitriles is 1. The number of ether oxygens (including phenoxy) is 2. The Bertz CT molecular complexity index is 618. The molecule has 102 valence electrons. The number of aromatic amines is 1. The molecule has 1 aromatic heterocycles. The van der Waals surface area contributed by atoms with E-state index in [0.717, 1.165) is 5.56 Å². The first kappa shape index (κ1) is 13.3. The molecule has 2 rings (SSSR count). The molecule has 0 aliphatic carbocycles. The zero-order valence-electron chi connectivity index (χ0n) is 10.6. The molecule has 0 bridgehead atoms. The Morgan fingerprint density at radius 2 is 2.40 bits per heavy atom. The predicted molar refractivity (Wildman–Crippen MR) is 69.5 cm³/mol. The van der Waals surface area contributed by atoms with E-state index in [0.29, 0.717) is 11.5 Å². The Morgan fingerprint density at radius 3 is 3.10 bits per heavy atom. The van der Waals surface area contributed by atoms with Crippen molar-refractivity contribution in [1.29, 1.82) is 5.26 Å². The third-order valence-electron chi connectivity index (χ3n) is 2.20. The molecule has 20 heavy (non-hydrogen) atoms. The van der Waals surface area contributed by atoms with Gasteiger partial charge in [0.05, 0.1) is 13.3 Å². The van der Waals surface area contributed by atoms with Crippen LogP contribution in [-0.2, 0) is 0 Å². The second-order valence-corrected chi connectivity index (χ2v) is 3.46. The SMILES string of the molecule is COc1cc(/C=N/Nc2nn[nH]n2)ccc1OCC#N. The molecule has 0 amide bonds. The minimum Gasteiger partial charge on any atom is -0.493 e. The van der Waals surface area contributed by atoms with Gasteiger partial charge in [0, 0.05) is 0 Å². The number of tetrazole rings is 1. The van der Waals surface area contributed by atoms with Crippen LogP contribution in [0.25, 0.3) is 0 Å². The van der Waals surface area contributed by atoms with Crippen LogP contribution >= 0.6 is 0 Å². The third kappa shape index (κ3) is 3.42. The quantitative estimate of drug-likeness (QED) is 0.582. The van der Waals surface area contributed by atoms with Gasteiger partial charge in [-0.15, -0.1) is 5.10 Å². The Balaban J connectivity index is 2.05. The third-order valence-corrected chi connectivity index (χ3v) is 2.20. The summed E-state index contributed by atoms with van der Waals surface area (Å²) < 4.78 is 10.4. The summed E-state index contributed by atoms with van der Waals surface area (Å²) in [6.07, 6.45) is 1.56. The van der Waals surface area contributed by atoms with E-state index in [1.54, 1.807) is 24.4 Å². The van der Waals surface area contributed by atoms with E-state index in [1.807, 2.05) is 6.07 Å². The molecule has 0 aliphatic rings. The van der Waals surface area contributed by atoms with Crippen molar-refractivity contribution in [3.05, 3.63) is 23.8 Å². The summed E-state index contributed by atoms with van der Waals surface area (Å²) in [5.41, 5.74) is 3.38. The zero-order chi connectivity index (χ0) is 14.2. The predicted octanol–water partition coefficient (Wildman–Crippen LogP) is 0.557. The zero-order valence-corrected chi connectivity index (χ0v) is 10.6. The highest BCUT2D eigenvalue weighted by Crippen LogP contribution is 2.27. The minimum atomic E-state index is -0.0385. The molecule has 2 aromatic rings. The number of hydrazone groups is 1. The van der Waals surface area contributed by atoms with Crippen LogP contribution in [0.3, 0.4) is 0 Å². The number of anilines is 1. The number of benzene rings is 1. The molecule has 0 fully saturated rings. The fraction of sp³-hybridized carbons (Fsp3) is 0.182. The number of aromatic nitrogens is 4. The first-order valence-electron chi connectivity index (χ1n) is 5.54. The van der Waals surface area contributed by atoms with Gasteiger partial charge in [-0.2, -0.15) is 15.6 Å². The molecule has 9 heteroatoms. The number of hydrogen-bond acceptors (Lipinski definition) is 8. The summed E-state index contributed by atoms with van der Waals surface area (Å²) in [5, 5.41) is 25.5. The molecule has 0 atom stereocenters. The van der Waals surface area contributed by atoms with E-state index in [9.17, 15) is 0 Å². The van der Waals surface area contributed by atoms with E-state index >= 15 is 0 Å². The molecule has 1 aromatic carbocycles. The number of nitrogens with one attached hydrogen (secondary N) is 2. The summed E-state index contributed by atoms with van der Waals surface area (Å²) in [5.74, 6) is 1.28. The van der Waals surface area contributed by atoms with E-state index in [2.05, 4.69) is 31.2 Å². The van der Waals surface area contributed by atoms with Crippen LogP contribution in [0.1, 0.15) is 5.56 Å². The molecular formula is C11H11N7O2. The highest BCUT2D eigenvalue weighted by Gasteiger charge is 2.04. The number of methoxy groups -OCH3 is 1. The molecule has 0 saturated carbocycles. The minimum absolute atomic E-state index is 0.0385. The lowest BCUT2D eigenvalue weighted by molar-refractivity contribution is 0.329. The molecule has 0 spiro atoms. The van der Waals surface area contributed by atoms with Gasteiger partial charge in [0.25, 0.3) is 5.95 Å². The van der Waals surface area contributed by atoms with Crippen molar-refractivity contribution >= 4 is 12.2 Å². The molecule has 0 aliphatic heterocycles. The fourth-order valence-electron chi connectivity index (χ4n) is 1.37. The first-order chi connectivity index (χ1) is 9.83. The van der Waals surface area contributed by atoms with Crippen LogP contribution < -0.4 is 14.9 Å². The van der Waals surface area contributed by atoms with Gasteiger partial charge in [0.2, 0.25) is 0 Å². The smallest absolute Gasteiger partial charge is 0.283 e. The van der Waals surface area contributed by atoms with Crippen molar-refractivity contribution in [3.8, 4) is 17.6 Å². The summed E-state index contributed by atoms with van der Waals surface area (Å²) in [6, 6.07) is 7.10. The number of rotatable bonds is 6. The number of H-pyrrole nitrogens is 1. The Hall–Kier alpha value is -3.15. The van der Waals surface area contributed by atoms with E-state index in [1.165, 1.54) is 7.11 Å². The van der Waals surface area contributed by atoms with Gasteiger partial charge in [0.1, 0.15) is 6.07 Å². The van der Waals surface area contributed by atoms with Crippen molar-refractivity contribution in [1.82, 2.24) is 20.6 Å². The van der Waals surface area contributed by atoms with Crippen LogP contribution in [-0.4, -0.2) is 40.6 Å². The maximum Gasteiger partial charge on any atom is 0.283 e. The van der Waals surface area contributed by atoms with Crippen LogP contribution in [0.2, 0.25) is 0 Å². The highest BCUT2D eigenvalue weighted by atomic mass is 16.5. The van der Waals surface area contributed by atoms with Crippen molar-refractivity contribution < 1.29 is 9.47 Å². The summed E-state index contributed by atoms with van der Waals surface area (Å²) in [6.45, 7) is -0.0385. The van der Waals surface area contributed by atoms with Crippen LogP contribution in [0.4, 0.5) is 5.95 Å². The average molecular weight is 273 g/mol. The molecular weight excluding hydrogens is 262 g/mol. The van der Waals surface area contributed by atoms with Gasteiger partial charge in [-0.3, -0.25) is 0 Å². The molecule has 0 saturated heterocycles. The second-order valence-electron chi connectivity index (χ2n) is 3.46. The maximum absolute atomic E-state index is 8.49. The molecule has 1 heterocycles. The van der Waals surface area contributed by atoms with Crippen molar-refractivity contribution in [2.75, 3.05) is 19.1 Å². The van der Waals surface area contributed by atoms with Crippen LogP contribution in [0.15, 0.2) is 23.3 Å². The Labute approximate surface area is 114 Å². The van der Waals surface area contributed by atoms with Crippen molar-refractivity contribution in [2.45, 2.75) is 0 Å². The van der Waals surface area contributed by atoms with Crippen molar-refractivity contribution in [3.63, 3.8) is 0 Å². The Morgan fingerprint density at radius 1 is 1.50 bits per heavy atom. The van der Waals surface area contributed by atoms with Gasteiger partial charge in [-0.25, -0.2) is 5.43 Å². The van der Waals surface area contributed by atoms with Crippen LogP contribution in [0, 0.1) is 11.3 Å². The summed E-state index contributed by atoms with van der Waals surface area (Å²) in [7, 11) is 1.52. The lowest BCUT2D eigenvalue weighted by Gasteiger charge is -2.08. The second kappa shape index (κ2) is 6.69. The standard InChI is InChI=1S/C11H11N7O2/c1-19-10-6-8(2-3-9(10)20-5-4-12)7-13-14-11-15-17-18-16-11/h2-3,6-7H,5H2,1H3,(H2,14,15,16,17,18)/b13-7+. The first-order valence-corrected chi connectivity index (χ1v) is 5.54. The average Bonchev–Trinajstić information content (AvgIpc) is 2.99. The molecule has 0 unspecified atom stereocenters. The van der Waals surface area contributed by atoms with Gasteiger partial charge >= 0.3 is 0 Å². The molecule has 2 N–H and O–H groups in total. The van der Waals surface area contributed by atoms with Crippen LogP contribution in [0.5, 0.6) is 11.5 Å². The lowest BCUT2D eigenvalue weighted by Crippen LogP contribution is -1.98. The largest absolute Gasteiger partial charge is 0.493 e. The maximum atomic E-state index is 8.49. The van der Waals surface area contributed by atoms with Gasteiger partial charge in [-0.05, 0) is 29.0 Å².